The molecule has 100 valence electrons. The normalized spacial score (nSPS) is 11.9. The quantitative estimate of drug-likeness (QED) is 0.743. The minimum atomic E-state index is -1.04. The standard InChI is InChI=1S/C12H18N2O3S/c1-3-5-8(4-2)13-12(17)14-10-9(11(15)16)6-7-18-10/h6-8H,3-5H2,1-2H3,(H,15,16)(H2,13,14,17). The molecule has 0 aromatic carbocycles. The molecule has 5 nitrogen and oxygen atoms in total. The molecule has 18 heavy (non-hydrogen) atoms. The topological polar surface area (TPSA) is 78.4 Å². The van der Waals surface area contributed by atoms with Crippen LogP contribution in [0, 0.1) is 0 Å². The molecule has 0 fully saturated rings. The van der Waals surface area contributed by atoms with E-state index in [1.807, 2.05) is 6.92 Å². The third-order valence-corrected chi connectivity index (χ3v) is 3.42. The van der Waals surface area contributed by atoms with Gasteiger partial charge in [-0.05, 0) is 24.3 Å². The first kappa shape index (κ1) is 14.5. The number of nitrogens with one attached hydrogen (secondary N) is 2. The van der Waals surface area contributed by atoms with Crippen molar-refractivity contribution in [2.75, 3.05) is 5.32 Å². The number of urea groups is 1. The molecule has 0 saturated carbocycles. The van der Waals surface area contributed by atoms with Gasteiger partial charge in [0.1, 0.15) is 5.00 Å². The van der Waals surface area contributed by atoms with E-state index < -0.39 is 5.97 Å². The SMILES string of the molecule is CCCC(CC)NC(=O)Nc1sccc1C(=O)O. The molecule has 0 bridgehead atoms. The Balaban J connectivity index is 2.58. The average molecular weight is 270 g/mol. The highest BCUT2D eigenvalue weighted by Crippen LogP contribution is 2.22. The molecule has 0 aliphatic heterocycles. The fraction of sp³-hybridized carbons (Fsp3) is 0.500. The van der Waals surface area contributed by atoms with Crippen molar-refractivity contribution >= 4 is 28.3 Å². The van der Waals surface area contributed by atoms with E-state index in [4.69, 9.17) is 5.11 Å². The van der Waals surface area contributed by atoms with Crippen molar-refractivity contribution < 1.29 is 14.7 Å². The second-order valence-electron chi connectivity index (χ2n) is 3.96. The Kier molecular flexibility index (Phi) is 5.64. The summed E-state index contributed by atoms with van der Waals surface area (Å²) < 4.78 is 0. The summed E-state index contributed by atoms with van der Waals surface area (Å²) in [6.07, 6.45) is 2.77. The van der Waals surface area contributed by atoms with E-state index in [0.29, 0.717) is 5.00 Å². The number of carbonyl (C=O) groups is 2. The molecule has 1 unspecified atom stereocenters. The van der Waals surface area contributed by atoms with E-state index in [-0.39, 0.29) is 17.6 Å². The van der Waals surface area contributed by atoms with Crippen molar-refractivity contribution in [3.63, 3.8) is 0 Å². The van der Waals surface area contributed by atoms with Gasteiger partial charge in [-0.3, -0.25) is 5.32 Å². The van der Waals surface area contributed by atoms with Gasteiger partial charge in [0.25, 0.3) is 0 Å². The van der Waals surface area contributed by atoms with Gasteiger partial charge in [-0.2, -0.15) is 0 Å². The second-order valence-corrected chi connectivity index (χ2v) is 4.88. The first-order valence-corrected chi connectivity index (χ1v) is 6.84. The zero-order valence-corrected chi connectivity index (χ0v) is 11.3. The maximum atomic E-state index is 11.7. The van der Waals surface area contributed by atoms with Gasteiger partial charge in [0.15, 0.2) is 0 Å². The minimum absolute atomic E-state index is 0.124. The van der Waals surface area contributed by atoms with Crippen LogP contribution < -0.4 is 10.6 Å². The Hall–Kier alpha value is -1.56. The summed E-state index contributed by atoms with van der Waals surface area (Å²) >= 11 is 1.20. The van der Waals surface area contributed by atoms with Crippen molar-refractivity contribution in [1.29, 1.82) is 0 Å². The molecular weight excluding hydrogens is 252 g/mol. The Bertz CT molecular complexity index is 417. The van der Waals surface area contributed by atoms with E-state index in [2.05, 4.69) is 17.6 Å². The molecule has 0 aliphatic carbocycles. The van der Waals surface area contributed by atoms with E-state index in [0.717, 1.165) is 19.3 Å². The molecule has 2 amide bonds. The number of carbonyl (C=O) groups excluding carboxylic acids is 1. The largest absolute Gasteiger partial charge is 0.478 e. The van der Waals surface area contributed by atoms with Crippen LogP contribution in [0.3, 0.4) is 0 Å². The highest BCUT2D eigenvalue weighted by molar-refractivity contribution is 7.14. The van der Waals surface area contributed by atoms with Gasteiger partial charge < -0.3 is 10.4 Å². The third kappa shape index (κ3) is 4.03. The highest BCUT2D eigenvalue weighted by Gasteiger charge is 2.15. The van der Waals surface area contributed by atoms with Gasteiger partial charge in [0.2, 0.25) is 0 Å². The first-order chi connectivity index (χ1) is 8.58. The summed E-state index contributed by atoms with van der Waals surface area (Å²) in [5.41, 5.74) is 0.124. The minimum Gasteiger partial charge on any atom is -0.478 e. The van der Waals surface area contributed by atoms with Gasteiger partial charge in [-0.15, -0.1) is 11.3 Å². The summed E-state index contributed by atoms with van der Waals surface area (Å²) in [4.78, 5) is 22.6. The van der Waals surface area contributed by atoms with Crippen molar-refractivity contribution in [3.05, 3.63) is 17.0 Å². The third-order valence-electron chi connectivity index (χ3n) is 2.59. The number of carboxylic acid groups (broad SMARTS) is 1. The van der Waals surface area contributed by atoms with Crippen LogP contribution in [0.5, 0.6) is 0 Å². The van der Waals surface area contributed by atoms with Gasteiger partial charge in [0, 0.05) is 6.04 Å². The smallest absolute Gasteiger partial charge is 0.338 e. The maximum absolute atomic E-state index is 11.7. The summed E-state index contributed by atoms with van der Waals surface area (Å²) in [7, 11) is 0. The van der Waals surface area contributed by atoms with Gasteiger partial charge >= 0.3 is 12.0 Å². The van der Waals surface area contributed by atoms with Crippen LogP contribution in [-0.2, 0) is 0 Å². The number of thiophene rings is 1. The lowest BCUT2D eigenvalue weighted by Crippen LogP contribution is -2.37. The van der Waals surface area contributed by atoms with Crippen LogP contribution in [0.2, 0.25) is 0 Å². The molecule has 1 heterocycles. The van der Waals surface area contributed by atoms with E-state index in [9.17, 15) is 9.59 Å². The predicted molar refractivity (Wildman–Crippen MR) is 72.4 cm³/mol. The van der Waals surface area contributed by atoms with Crippen LogP contribution in [0.15, 0.2) is 11.4 Å². The summed E-state index contributed by atoms with van der Waals surface area (Å²) in [6.45, 7) is 4.07. The molecule has 1 aromatic heterocycles. The lowest BCUT2D eigenvalue weighted by molar-refractivity contribution is 0.0698. The Morgan fingerprint density at radius 1 is 1.44 bits per heavy atom. The van der Waals surface area contributed by atoms with Crippen LogP contribution in [0.4, 0.5) is 9.80 Å². The highest BCUT2D eigenvalue weighted by atomic mass is 32.1. The first-order valence-electron chi connectivity index (χ1n) is 5.96. The van der Waals surface area contributed by atoms with Crippen molar-refractivity contribution in [2.24, 2.45) is 0 Å². The lowest BCUT2D eigenvalue weighted by Gasteiger charge is -2.16. The zero-order chi connectivity index (χ0) is 13.5. The molecule has 1 rings (SSSR count). The summed E-state index contributed by atoms with van der Waals surface area (Å²) in [6, 6.07) is 1.26. The van der Waals surface area contributed by atoms with Crippen LogP contribution in [0.25, 0.3) is 0 Å². The molecule has 0 radical (unpaired) electrons. The zero-order valence-electron chi connectivity index (χ0n) is 10.5. The maximum Gasteiger partial charge on any atom is 0.338 e. The molecule has 0 aliphatic rings. The van der Waals surface area contributed by atoms with E-state index >= 15 is 0 Å². The predicted octanol–water partition coefficient (Wildman–Crippen LogP) is 3.15. The van der Waals surface area contributed by atoms with Crippen molar-refractivity contribution in [1.82, 2.24) is 5.32 Å². The fourth-order valence-electron chi connectivity index (χ4n) is 1.63. The number of aromatic carboxylic acids is 1. The van der Waals surface area contributed by atoms with Gasteiger partial charge in [0.05, 0.1) is 5.56 Å². The van der Waals surface area contributed by atoms with E-state index in [1.165, 1.54) is 17.4 Å². The molecule has 0 saturated heterocycles. The number of anilines is 1. The van der Waals surface area contributed by atoms with Crippen molar-refractivity contribution in [2.45, 2.75) is 39.2 Å². The number of carboxylic acids is 1. The monoisotopic (exact) mass is 270 g/mol. The van der Waals surface area contributed by atoms with E-state index in [1.54, 1.807) is 5.38 Å². The second kappa shape index (κ2) is 7.00. The van der Waals surface area contributed by atoms with Crippen LogP contribution >= 0.6 is 11.3 Å². The molecule has 1 atom stereocenters. The Labute approximate surface area is 110 Å². The fourth-order valence-corrected chi connectivity index (χ4v) is 2.40. The molecule has 6 heteroatoms. The van der Waals surface area contributed by atoms with Crippen LogP contribution in [-0.4, -0.2) is 23.1 Å². The lowest BCUT2D eigenvalue weighted by atomic mass is 10.1. The molecular formula is C12H18N2O3S. The Morgan fingerprint density at radius 3 is 2.72 bits per heavy atom. The molecule has 3 N–H and O–H groups in total. The van der Waals surface area contributed by atoms with Gasteiger partial charge in [-0.25, -0.2) is 9.59 Å². The number of hydrogen-bond donors (Lipinski definition) is 3. The van der Waals surface area contributed by atoms with Crippen LogP contribution in [0.1, 0.15) is 43.5 Å². The number of rotatable bonds is 6. The Morgan fingerprint density at radius 2 is 2.17 bits per heavy atom. The summed E-state index contributed by atoms with van der Waals surface area (Å²) in [5.74, 6) is -1.04. The molecule has 0 spiro atoms. The average Bonchev–Trinajstić information content (AvgIpc) is 2.76. The number of amides is 2. The van der Waals surface area contributed by atoms with Crippen molar-refractivity contribution in [3.8, 4) is 0 Å². The molecule has 1 aromatic rings. The number of hydrogen-bond acceptors (Lipinski definition) is 3. The summed E-state index contributed by atoms with van der Waals surface area (Å²) in [5, 5.41) is 16.3. The van der Waals surface area contributed by atoms with Gasteiger partial charge in [-0.1, -0.05) is 20.3 Å².